The molecule has 4 fully saturated rings. The summed E-state index contributed by atoms with van der Waals surface area (Å²) in [5.41, 5.74) is 28.6. The molecule has 1 aromatic rings. The molecule has 77 heavy (non-hydrogen) atoms. The monoisotopic (exact) mass is 1080 g/mol. The third-order valence-corrected chi connectivity index (χ3v) is 14.8. The van der Waals surface area contributed by atoms with Crippen molar-refractivity contribution in [2.45, 2.75) is 151 Å². The van der Waals surface area contributed by atoms with Crippen molar-refractivity contribution in [3.05, 3.63) is 35.9 Å². The van der Waals surface area contributed by atoms with Gasteiger partial charge >= 0.3 is 5.97 Å². The number of hydrogen-bond acceptors (Lipinski definition) is 13. The quantitative estimate of drug-likeness (QED) is 0.0237. The van der Waals surface area contributed by atoms with E-state index >= 15 is 0 Å². The molecular weight excluding hydrogens is 999 g/mol. The van der Waals surface area contributed by atoms with Gasteiger partial charge in [-0.3, -0.25) is 48.3 Å². The van der Waals surface area contributed by atoms with Gasteiger partial charge in [0.25, 0.3) is 0 Å². The largest absolute Gasteiger partial charge is 0.480 e. The summed E-state index contributed by atoms with van der Waals surface area (Å²) >= 11 is 0. The first-order valence-corrected chi connectivity index (χ1v) is 27.0. The number of rotatable bonds is 27. The number of piperidine rings is 1. The summed E-state index contributed by atoms with van der Waals surface area (Å²) in [6.07, 6.45) is 8.55. The van der Waals surface area contributed by atoms with Crippen LogP contribution in [0.15, 0.2) is 40.3 Å². The topological polar surface area (TPSA) is 419 Å². The number of benzene rings is 1. The number of aliphatic hydroxyl groups excluding tert-OH is 1. The molecule has 4 aliphatic rings. The van der Waals surface area contributed by atoms with E-state index in [2.05, 4.69) is 36.6 Å². The minimum absolute atomic E-state index is 0.0145. The van der Waals surface area contributed by atoms with Gasteiger partial charge in [-0.25, -0.2) is 4.79 Å². The number of amides is 8. The van der Waals surface area contributed by atoms with Crippen molar-refractivity contribution in [1.29, 1.82) is 0 Å². The van der Waals surface area contributed by atoms with Crippen LogP contribution in [-0.2, 0) is 49.6 Å². The molecule has 26 heteroatoms. The summed E-state index contributed by atoms with van der Waals surface area (Å²) in [4.78, 5) is 134. The fraction of sp³-hybridized carbons (Fsp3) is 0.667. The van der Waals surface area contributed by atoms with Gasteiger partial charge in [0.1, 0.15) is 36.3 Å². The van der Waals surface area contributed by atoms with Crippen LogP contribution < -0.4 is 55.3 Å². The number of carboxylic acid groups (broad SMARTS) is 1. The van der Waals surface area contributed by atoms with Crippen molar-refractivity contribution in [3.63, 3.8) is 0 Å². The Morgan fingerprint density at radius 1 is 0.623 bits per heavy atom. The minimum atomic E-state index is -1.57. The molecule has 1 aliphatic carbocycles. The van der Waals surface area contributed by atoms with Crippen LogP contribution >= 0.6 is 0 Å². The maximum atomic E-state index is 14.2. The number of hydrogen-bond donors (Lipinski definition) is 12. The van der Waals surface area contributed by atoms with Gasteiger partial charge in [0.05, 0.1) is 19.2 Å². The van der Waals surface area contributed by atoms with E-state index in [-0.39, 0.29) is 107 Å². The van der Waals surface area contributed by atoms with E-state index < -0.39 is 90.3 Å². The lowest BCUT2D eigenvalue weighted by Gasteiger charge is -2.35. The number of aliphatic imine (C=N–C) groups is 2. The molecule has 5 rings (SSSR count). The van der Waals surface area contributed by atoms with Crippen molar-refractivity contribution in [1.82, 2.24) is 41.3 Å². The lowest BCUT2D eigenvalue weighted by atomic mass is 9.85. The summed E-state index contributed by atoms with van der Waals surface area (Å²) in [6, 6.07) is 0.462. The highest BCUT2D eigenvalue weighted by Crippen LogP contribution is 2.28. The first kappa shape index (κ1) is 60.8. The Labute approximate surface area is 448 Å². The Bertz CT molecular complexity index is 2250. The molecule has 3 aliphatic heterocycles. The number of carbonyl (C=O) groups excluding carboxylic acids is 8. The molecule has 0 bridgehead atoms. The zero-order valence-electron chi connectivity index (χ0n) is 44.0. The molecule has 26 nitrogen and oxygen atoms in total. The van der Waals surface area contributed by atoms with E-state index in [1.807, 2.05) is 0 Å². The Morgan fingerprint density at radius 2 is 1.17 bits per heavy atom. The molecule has 1 aromatic carbocycles. The van der Waals surface area contributed by atoms with Crippen LogP contribution in [-0.4, -0.2) is 185 Å². The fourth-order valence-electron chi connectivity index (χ4n) is 10.6. The first-order chi connectivity index (χ1) is 36.9. The van der Waals surface area contributed by atoms with Gasteiger partial charge in [0.2, 0.25) is 47.3 Å². The SMILES string of the molecule is NC(N)=NCCC[C@H](NC(=O)[C@H](Cc1ccccc1)NC(=O)[C@@H]1CCCN1C(=O)[C@H](CO)NC(=O)[C@H](CCCN=C(N)N)NC(=O)[C@@H]1CCCN1C(=O)C1CCN(C(=O)CNC(=O)[C@@H](N)CC2CCCCC2)CC1)C(=O)O. The van der Waals surface area contributed by atoms with Crippen molar-refractivity contribution in [2.24, 2.45) is 50.5 Å². The predicted octanol–water partition coefficient (Wildman–Crippen LogP) is -3.01. The van der Waals surface area contributed by atoms with Gasteiger partial charge in [-0.15, -0.1) is 0 Å². The maximum absolute atomic E-state index is 14.2. The zero-order chi connectivity index (χ0) is 56.0. The van der Waals surface area contributed by atoms with Crippen LogP contribution in [0.1, 0.15) is 108 Å². The molecule has 3 saturated heterocycles. The summed E-state index contributed by atoms with van der Waals surface area (Å²) in [7, 11) is 0. The van der Waals surface area contributed by atoms with Gasteiger partial charge in [0, 0.05) is 51.6 Å². The van der Waals surface area contributed by atoms with E-state index in [1.54, 1.807) is 35.2 Å². The van der Waals surface area contributed by atoms with Gasteiger partial charge < -0.3 is 80.2 Å². The number of aliphatic hydroxyl groups is 1. The van der Waals surface area contributed by atoms with Crippen LogP contribution in [0.25, 0.3) is 0 Å². The molecule has 0 radical (unpaired) electrons. The second-order valence-corrected chi connectivity index (χ2v) is 20.5. The Balaban J connectivity index is 1.18. The number of nitrogens with two attached hydrogens (primary N) is 5. The standard InChI is InChI=1S/C51H81N15O11/c52-34(27-31-11-3-1-4-12-31)42(69)59-29-41(68)64-25-19-33(20-26-64)47(74)65-23-9-17-39(65)45(72)60-35(15-7-21-57-50(53)54)43(70)63-38(30-67)48(75)66-24-10-18-40(66)46(73)62-37(28-32-13-5-2-6-14-32)44(71)61-36(49(76)77)16-8-22-58-51(55)56/h2,5-6,13-14,31,33-40,67H,1,3-4,7-12,15-30,52H2,(H,59,69)(H,60,72)(H,61,71)(H,62,73)(H,63,70)(H,76,77)(H4,53,54,57)(H4,55,56,58)/t34-,35-,36-,37-,38-,39-,40-/m0/s1. The maximum Gasteiger partial charge on any atom is 0.326 e. The summed E-state index contributed by atoms with van der Waals surface area (Å²) in [5, 5.41) is 33.6. The van der Waals surface area contributed by atoms with Crippen LogP contribution in [0.3, 0.4) is 0 Å². The van der Waals surface area contributed by atoms with Crippen molar-refractivity contribution >= 4 is 65.1 Å². The van der Waals surface area contributed by atoms with Gasteiger partial charge in [-0.2, -0.15) is 0 Å². The lowest BCUT2D eigenvalue weighted by Crippen LogP contribution is -2.60. The highest BCUT2D eigenvalue weighted by molar-refractivity contribution is 5.97. The minimum Gasteiger partial charge on any atom is -0.480 e. The molecule has 0 spiro atoms. The van der Waals surface area contributed by atoms with Gasteiger partial charge in [0.15, 0.2) is 11.9 Å². The van der Waals surface area contributed by atoms with E-state index in [0.717, 1.165) is 25.7 Å². The van der Waals surface area contributed by atoms with Crippen molar-refractivity contribution in [3.8, 4) is 0 Å². The van der Waals surface area contributed by atoms with Gasteiger partial charge in [-0.05, 0) is 82.1 Å². The van der Waals surface area contributed by atoms with Crippen LogP contribution in [0.2, 0.25) is 0 Å². The van der Waals surface area contributed by atoms with Crippen molar-refractivity contribution < 1.29 is 53.4 Å². The summed E-state index contributed by atoms with van der Waals surface area (Å²) in [6.45, 7) is 0.0321. The first-order valence-electron chi connectivity index (χ1n) is 27.0. The number of nitrogens with one attached hydrogen (secondary N) is 5. The van der Waals surface area contributed by atoms with E-state index in [4.69, 9.17) is 28.7 Å². The number of nitrogens with zero attached hydrogens (tertiary/aromatic N) is 5. The second kappa shape index (κ2) is 30.6. The summed E-state index contributed by atoms with van der Waals surface area (Å²) < 4.78 is 0. The second-order valence-electron chi connectivity index (χ2n) is 20.5. The highest BCUT2D eigenvalue weighted by Gasteiger charge is 2.42. The smallest absolute Gasteiger partial charge is 0.326 e. The molecule has 7 atom stereocenters. The Hall–Kier alpha value is -7.09. The summed E-state index contributed by atoms with van der Waals surface area (Å²) in [5.74, 6) is -6.40. The molecule has 8 amide bonds. The van der Waals surface area contributed by atoms with Crippen LogP contribution in [0.4, 0.5) is 0 Å². The molecule has 1 saturated carbocycles. The third-order valence-electron chi connectivity index (χ3n) is 14.8. The van der Waals surface area contributed by atoms with Crippen LogP contribution in [0, 0.1) is 11.8 Å². The Kier molecular flexibility index (Phi) is 24.2. The predicted molar refractivity (Wildman–Crippen MR) is 283 cm³/mol. The molecule has 0 aromatic heterocycles. The van der Waals surface area contributed by atoms with E-state index in [0.29, 0.717) is 56.6 Å². The molecule has 3 heterocycles. The van der Waals surface area contributed by atoms with Crippen molar-refractivity contribution in [2.75, 3.05) is 52.4 Å². The van der Waals surface area contributed by atoms with E-state index in [9.17, 15) is 53.4 Å². The zero-order valence-corrected chi connectivity index (χ0v) is 44.0. The number of guanidine groups is 2. The van der Waals surface area contributed by atoms with E-state index in [1.165, 1.54) is 16.2 Å². The number of carbonyl (C=O) groups is 9. The number of carboxylic acids is 1. The molecule has 17 N–H and O–H groups in total. The fourth-order valence-corrected chi connectivity index (χ4v) is 10.6. The number of likely N-dealkylation sites (tertiary alicyclic amines) is 3. The molecular formula is C51H81N15O11. The lowest BCUT2D eigenvalue weighted by molar-refractivity contribution is -0.145. The molecule has 0 unspecified atom stereocenters. The van der Waals surface area contributed by atoms with Gasteiger partial charge in [-0.1, -0.05) is 62.4 Å². The highest BCUT2D eigenvalue weighted by atomic mass is 16.4. The average molecular weight is 1080 g/mol. The van der Waals surface area contributed by atoms with Crippen LogP contribution in [0.5, 0.6) is 0 Å². The molecule has 426 valence electrons. The normalized spacial score (nSPS) is 19.8. The Morgan fingerprint density at radius 3 is 1.75 bits per heavy atom. The third kappa shape index (κ3) is 18.9. The average Bonchev–Trinajstić information content (AvgIpc) is 4.13. The number of aliphatic carboxylic acids is 1.